The zero-order chi connectivity index (χ0) is 13.7. The summed E-state index contributed by atoms with van der Waals surface area (Å²) in [6.07, 6.45) is 2.11. The second kappa shape index (κ2) is 6.98. The van der Waals surface area contributed by atoms with Gasteiger partial charge in [0.05, 0.1) is 17.2 Å². The van der Waals surface area contributed by atoms with E-state index in [0.29, 0.717) is 16.8 Å². The topological polar surface area (TPSA) is 47.6 Å². The number of hydrogen-bond donors (Lipinski definition) is 1. The molecule has 6 heteroatoms. The smallest absolute Gasteiger partial charge is 0.250 e. The van der Waals surface area contributed by atoms with Crippen LogP contribution in [-0.4, -0.2) is 31.8 Å². The number of carbonyl (C=O) groups is 1. The fourth-order valence-electron chi connectivity index (χ4n) is 1.83. The minimum atomic E-state index is -0.418. The molecule has 0 spiro atoms. The van der Waals surface area contributed by atoms with Gasteiger partial charge in [-0.2, -0.15) is 0 Å². The molecule has 1 unspecified atom stereocenters. The molecule has 1 N–H and O–H groups in total. The van der Waals surface area contributed by atoms with Crippen LogP contribution in [0.1, 0.15) is 12.8 Å². The van der Waals surface area contributed by atoms with Gasteiger partial charge in [0.1, 0.15) is 12.4 Å². The first kappa shape index (κ1) is 14.4. The highest BCUT2D eigenvalue weighted by molar-refractivity contribution is 9.10. The third-order valence-corrected chi connectivity index (χ3v) is 3.41. The Hall–Kier alpha value is -0.980. The van der Waals surface area contributed by atoms with Gasteiger partial charge in [-0.3, -0.25) is 4.79 Å². The number of rotatable bonds is 5. The van der Waals surface area contributed by atoms with Crippen molar-refractivity contribution in [3.63, 3.8) is 0 Å². The third-order valence-electron chi connectivity index (χ3n) is 2.76. The molecule has 1 atom stereocenters. The summed E-state index contributed by atoms with van der Waals surface area (Å²) in [4.78, 5) is 11.6. The zero-order valence-electron chi connectivity index (χ0n) is 10.3. The van der Waals surface area contributed by atoms with Crippen molar-refractivity contribution in [3.8, 4) is 0 Å². The first-order chi connectivity index (χ1) is 9.15. The molecule has 0 aromatic heterocycles. The van der Waals surface area contributed by atoms with Crippen molar-refractivity contribution in [3.05, 3.63) is 28.5 Å². The highest BCUT2D eigenvalue weighted by Gasteiger charge is 2.16. The van der Waals surface area contributed by atoms with E-state index in [0.717, 1.165) is 19.4 Å². The summed E-state index contributed by atoms with van der Waals surface area (Å²) in [6, 6.07) is 4.41. The Labute approximate surface area is 119 Å². The summed E-state index contributed by atoms with van der Waals surface area (Å²) in [5.41, 5.74) is 0.409. The highest BCUT2D eigenvalue weighted by atomic mass is 79.9. The molecule has 1 saturated heterocycles. The summed E-state index contributed by atoms with van der Waals surface area (Å²) in [7, 11) is 0. The van der Waals surface area contributed by atoms with Crippen molar-refractivity contribution >= 4 is 27.5 Å². The first-order valence-electron chi connectivity index (χ1n) is 6.09. The fourth-order valence-corrected chi connectivity index (χ4v) is 2.08. The summed E-state index contributed by atoms with van der Waals surface area (Å²) >= 11 is 3.05. The molecule has 0 saturated carbocycles. The Kier molecular flexibility index (Phi) is 5.30. The van der Waals surface area contributed by atoms with E-state index in [1.54, 1.807) is 6.07 Å². The van der Waals surface area contributed by atoms with Crippen LogP contribution in [-0.2, 0) is 14.3 Å². The quantitative estimate of drug-likeness (QED) is 0.902. The Balaban J connectivity index is 1.72. The number of hydrogen-bond acceptors (Lipinski definition) is 3. The minimum absolute atomic E-state index is 0.0580. The number of halogens is 2. The Morgan fingerprint density at radius 3 is 3.11 bits per heavy atom. The SMILES string of the molecule is O=C(COCC1CCCO1)Nc1ccc(Br)c(F)c1. The molecule has 1 aliphatic rings. The monoisotopic (exact) mass is 331 g/mol. The van der Waals surface area contributed by atoms with Gasteiger partial charge in [0, 0.05) is 12.3 Å². The number of carbonyl (C=O) groups excluding carboxylic acids is 1. The van der Waals surface area contributed by atoms with Crippen LogP contribution < -0.4 is 5.32 Å². The van der Waals surface area contributed by atoms with Crippen molar-refractivity contribution < 1.29 is 18.7 Å². The van der Waals surface area contributed by atoms with Crippen molar-refractivity contribution in [1.82, 2.24) is 0 Å². The Morgan fingerprint density at radius 1 is 1.58 bits per heavy atom. The molecular formula is C13H15BrFNO3. The average molecular weight is 332 g/mol. The molecule has 1 fully saturated rings. The van der Waals surface area contributed by atoms with Gasteiger partial charge in [-0.1, -0.05) is 0 Å². The Bertz CT molecular complexity index is 450. The lowest BCUT2D eigenvalue weighted by atomic mass is 10.2. The summed E-state index contributed by atoms with van der Waals surface area (Å²) < 4.78 is 24.2. The van der Waals surface area contributed by atoms with E-state index in [4.69, 9.17) is 9.47 Å². The molecule has 0 bridgehead atoms. The number of benzene rings is 1. The van der Waals surface area contributed by atoms with Crippen molar-refractivity contribution in [2.24, 2.45) is 0 Å². The van der Waals surface area contributed by atoms with Crippen molar-refractivity contribution in [1.29, 1.82) is 0 Å². The third kappa shape index (κ3) is 4.56. The molecule has 1 aliphatic heterocycles. The van der Waals surface area contributed by atoms with Crippen LogP contribution in [0.2, 0.25) is 0 Å². The number of anilines is 1. The average Bonchev–Trinajstić information content (AvgIpc) is 2.87. The van der Waals surface area contributed by atoms with Crippen molar-refractivity contribution in [2.45, 2.75) is 18.9 Å². The van der Waals surface area contributed by atoms with Gasteiger partial charge < -0.3 is 14.8 Å². The largest absolute Gasteiger partial charge is 0.376 e. The van der Waals surface area contributed by atoms with Crippen LogP contribution in [0.3, 0.4) is 0 Å². The number of nitrogens with one attached hydrogen (secondary N) is 1. The lowest BCUT2D eigenvalue weighted by Gasteiger charge is -2.10. The second-order valence-corrected chi connectivity index (χ2v) is 5.18. The Morgan fingerprint density at radius 2 is 2.42 bits per heavy atom. The predicted molar refractivity (Wildman–Crippen MR) is 72.5 cm³/mol. The van der Waals surface area contributed by atoms with E-state index in [2.05, 4.69) is 21.2 Å². The molecule has 1 heterocycles. The van der Waals surface area contributed by atoms with Crippen LogP contribution in [0.5, 0.6) is 0 Å². The zero-order valence-corrected chi connectivity index (χ0v) is 11.9. The lowest BCUT2D eigenvalue weighted by molar-refractivity contribution is -0.121. The molecule has 19 heavy (non-hydrogen) atoms. The molecule has 1 aromatic carbocycles. The maximum atomic E-state index is 13.2. The highest BCUT2D eigenvalue weighted by Crippen LogP contribution is 2.19. The van der Waals surface area contributed by atoms with Crippen LogP contribution in [0.4, 0.5) is 10.1 Å². The fraction of sp³-hybridized carbons (Fsp3) is 0.462. The van der Waals surface area contributed by atoms with E-state index < -0.39 is 5.82 Å². The molecule has 2 rings (SSSR count). The van der Waals surface area contributed by atoms with Crippen LogP contribution in [0, 0.1) is 5.82 Å². The summed E-state index contributed by atoms with van der Waals surface area (Å²) in [5, 5.41) is 2.57. The van der Waals surface area contributed by atoms with E-state index >= 15 is 0 Å². The van der Waals surface area contributed by atoms with Crippen molar-refractivity contribution in [2.75, 3.05) is 25.1 Å². The lowest BCUT2D eigenvalue weighted by Crippen LogP contribution is -2.22. The van der Waals surface area contributed by atoms with Gasteiger partial charge in [-0.05, 0) is 47.0 Å². The maximum Gasteiger partial charge on any atom is 0.250 e. The van der Waals surface area contributed by atoms with Crippen LogP contribution in [0.15, 0.2) is 22.7 Å². The van der Waals surface area contributed by atoms with Gasteiger partial charge in [-0.25, -0.2) is 4.39 Å². The first-order valence-corrected chi connectivity index (χ1v) is 6.88. The summed E-state index contributed by atoms with van der Waals surface area (Å²) in [6.45, 7) is 1.12. The molecule has 4 nitrogen and oxygen atoms in total. The molecule has 0 aliphatic carbocycles. The number of amides is 1. The van der Waals surface area contributed by atoms with E-state index in [-0.39, 0.29) is 18.6 Å². The van der Waals surface area contributed by atoms with E-state index in [1.165, 1.54) is 12.1 Å². The molecule has 104 valence electrons. The summed E-state index contributed by atoms with van der Waals surface area (Å²) in [5.74, 6) is -0.724. The minimum Gasteiger partial charge on any atom is -0.376 e. The molecule has 1 aromatic rings. The standard InChI is InChI=1S/C13H15BrFNO3/c14-11-4-3-9(6-12(11)15)16-13(17)8-18-7-10-2-1-5-19-10/h3-4,6,10H,1-2,5,7-8H2,(H,16,17). The van der Waals surface area contributed by atoms with Gasteiger partial charge in [-0.15, -0.1) is 0 Å². The molecule has 1 amide bonds. The number of ether oxygens (including phenoxy) is 2. The predicted octanol–water partition coefficient (Wildman–Crippen LogP) is 2.72. The second-order valence-electron chi connectivity index (χ2n) is 4.33. The van der Waals surface area contributed by atoms with Crippen LogP contribution in [0.25, 0.3) is 0 Å². The van der Waals surface area contributed by atoms with Gasteiger partial charge in [0.15, 0.2) is 0 Å². The normalized spacial score (nSPS) is 18.5. The van der Waals surface area contributed by atoms with Crippen LogP contribution >= 0.6 is 15.9 Å². The van der Waals surface area contributed by atoms with Gasteiger partial charge in [0.25, 0.3) is 0 Å². The van der Waals surface area contributed by atoms with Gasteiger partial charge in [0.2, 0.25) is 5.91 Å². The molecule has 0 radical (unpaired) electrons. The van der Waals surface area contributed by atoms with Gasteiger partial charge >= 0.3 is 0 Å². The van der Waals surface area contributed by atoms with E-state index in [9.17, 15) is 9.18 Å². The maximum absolute atomic E-state index is 13.2. The molecular weight excluding hydrogens is 317 g/mol. The van der Waals surface area contributed by atoms with E-state index in [1.807, 2.05) is 0 Å².